The second-order valence-electron chi connectivity index (χ2n) is 6.44. The van der Waals surface area contributed by atoms with Gasteiger partial charge in [-0.15, -0.1) is 10.2 Å². The van der Waals surface area contributed by atoms with Gasteiger partial charge in [-0.2, -0.15) is 0 Å². The normalized spacial score (nSPS) is 15.2. The predicted octanol–water partition coefficient (Wildman–Crippen LogP) is 3.21. The van der Waals surface area contributed by atoms with Gasteiger partial charge in [-0.3, -0.25) is 4.72 Å². The lowest BCUT2D eigenvalue weighted by Crippen LogP contribution is -2.19. The van der Waals surface area contributed by atoms with Crippen LogP contribution in [0, 0.1) is 0 Å². The molecule has 1 aromatic heterocycles. The van der Waals surface area contributed by atoms with Crippen LogP contribution in [0.4, 0.5) is 11.6 Å². The van der Waals surface area contributed by atoms with Gasteiger partial charge in [0.15, 0.2) is 5.82 Å². The number of hydrogen-bond acceptors (Lipinski definition) is 5. The van der Waals surface area contributed by atoms with Crippen molar-refractivity contribution >= 4 is 21.7 Å². The average Bonchev–Trinajstić information content (AvgIpc) is 3.10. The molecule has 0 aliphatic heterocycles. The molecule has 1 fully saturated rings. The summed E-state index contributed by atoms with van der Waals surface area (Å²) in [6.45, 7) is 0. The highest BCUT2D eigenvalue weighted by Gasteiger charge is 2.16. The molecule has 2 N–H and O–H groups in total. The van der Waals surface area contributed by atoms with Crippen LogP contribution in [0.3, 0.4) is 0 Å². The van der Waals surface area contributed by atoms with E-state index in [0.29, 0.717) is 18.3 Å². The van der Waals surface area contributed by atoms with Crippen LogP contribution in [0.5, 0.6) is 0 Å². The third kappa shape index (κ3) is 5.70. The number of nitrogens with one attached hydrogen (secondary N) is 2. The molecule has 0 atom stereocenters. The molecule has 1 aliphatic rings. The molecule has 134 valence electrons. The SMILES string of the molecule is O=S(=O)(CCCc1ccccc1)Nc1ccc(NC2CCCC2)nn1. The van der Waals surface area contributed by atoms with E-state index in [1.165, 1.54) is 12.8 Å². The summed E-state index contributed by atoms with van der Waals surface area (Å²) < 4.78 is 26.8. The average molecular weight is 360 g/mol. The minimum Gasteiger partial charge on any atom is -0.366 e. The monoisotopic (exact) mass is 360 g/mol. The molecule has 3 rings (SSSR count). The molecule has 1 heterocycles. The van der Waals surface area contributed by atoms with E-state index < -0.39 is 10.0 Å². The molecule has 0 bridgehead atoms. The lowest BCUT2D eigenvalue weighted by atomic mass is 10.1. The summed E-state index contributed by atoms with van der Waals surface area (Å²) in [6, 6.07) is 13.7. The van der Waals surface area contributed by atoms with E-state index in [1.807, 2.05) is 30.3 Å². The van der Waals surface area contributed by atoms with Crippen molar-refractivity contribution in [2.75, 3.05) is 15.8 Å². The van der Waals surface area contributed by atoms with E-state index in [1.54, 1.807) is 12.1 Å². The fourth-order valence-corrected chi connectivity index (χ4v) is 4.12. The summed E-state index contributed by atoms with van der Waals surface area (Å²) >= 11 is 0. The van der Waals surface area contributed by atoms with Crippen LogP contribution in [-0.2, 0) is 16.4 Å². The predicted molar refractivity (Wildman–Crippen MR) is 100 cm³/mol. The zero-order valence-corrected chi connectivity index (χ0v) is 15.0. The highest BCUT2D eigenvalue weighted by molar-refractivity contribution is 7.92. The zero-order valence-electron chi connectivity index (χ0n) is 14.2. The second-order valence-corrected chi connectivity index (χ2v) is 8.28. The van der Waals surface area contributed by atoms with E-state index >= 15 is 0 Å². The van der Waals surface area contributed by atoms with Gasteiger partial charge in [-0.05, 0) is 43.4 Å². The van der Waals surface area contributed by atoms with Gasteiger partial charge in [-0.1, -0.05) is 43.2 Å². The number of anilines is 2. The molecule has 0 spiro atoms. The lowest BCUT2D eigenvalue weighted by molar-refractivity contribution is 0.598. The first-order chi connectivity index (χ1) is 12.1. The van der Waals surface area contributed by atoms with Crippen LogP contribution >= 0.6 is 0 Å². The number of benzene rings is 1. The Labute approximate surface area is 149 Å². The van der Waals surface area contributed by atoms with Crippen LogP contribution in [0.15, 0.2) is 42.5 Å². The van der Waals surface area contributed by atoms with Gasteiger partial charge >= 0.3 is 0 Å². The first kappa shape index (κ1) is 17.7. The molecule has 6 nitrogen and oxygen atoms in total. The highest BCUT2D eigenvalue weighted by Crippen LogP contribution is 2.21. The molecule has 1 aliphatic carbocycles. The standard InChI is InChI=1S/C18H24N4O2S/c23-25(24,14-6-9-15-7-2-1-3-8-15)22-18-13-12-17(20-21-18)19-16-10-4-5-11-16/h1-3,7-8,12-13,16H,4-6,9-11,14H2,(H,19,20)(H,21,22). The maximum absolute atomic E-state index is 12.2. The molecule has 1 saturated carbocycles. The molecule has 0 saturated heterocycles. The first-order valence-corrected chi connectivity index (χ1v) is 10.4. The maximum Gasteiger partial charge on any atom is 0.233 e. The highest BCUT2D eigenvalue weighted by atomic mass is 32.2. The van der Waals surface area contributed by atoms with Crippen molar-refractivity contribution in [3.05, 3.63) is 48.0 Å². The fourth-order valence-electron chi connectivity index (χ4n) is 3.06. The third-order valence-corrected chi connectivity index (χ3v) is 5.70. The molecule has 0 amide bonds. The van der Waals surface area contributed by atoms with Gasteiger partial charge in [0.25, 0.3) is 0 Å². The minimum atomic E-state index is -3.41. The Hall–Kier alpha value is -2.15. The Morgan fingerprint density at radius 1 is 0.960 bits per heavy atom. The van der Waals surface area contributed by atoms with E-state index in [4.69, 9.17) is 0 Å². The topological polar surface area (TPSA) is 84.0 Å². The van der Waals surface area contributed by atoms with Gasteiger partial charge < -0.3 is 5.32 Å². The summed E-state index contributed by atoms with van der Waals surface area (Å²) in [5.41, 5.74) is 1.14. The first-order valence-electron chi connectivity index (χ1n) is 8.75. The molecule has 0 unspecified atom stereocenters. The largest absolute Gasteiger partial charge is 0.366 e. The third-order valence-electron chi connectivity index (χ3n) is 4.35. The van der Waals surface area contributed by atoms with Crippen LogP contribution in [-0.4, -0.2) is 30.4 Å². The van der Waals surface area contributed by atoms with E-state index in [-0.39, 0.29) is 11.6 Å². The Morgan fingerprint density at radius 3 is 2.32 bits per heavy atom. The van der Waals surface area contributed by atoms with Crippen LogP contribution in [0.1, 0.15) is 37.7 Å². The number of aromatic nitrogens is 2. The zero-order chi connectivity index (χ0) is 17.5. The van der Waals surface area contributed by atoms with E-state index in [0.717, 1.165) is 24.8 Å². The van der Waals surface area contributed by atoms with Crippen molar-refractivity contribution in [2.45, 2.75) is 44.6 Å². The van der Waals surface area contributed by atoms with Crippen molar-refractivity contribution in [2.24, 2.45) is 0 Å². The van der Waals surface area contributed by atoms with Gasteiger partial charge in [0.2, 0.25) is 10.0 Å². The maximum atomic E-state index is 12.2. The summed E-state index contributed by atoms with van der Waals surface area (Å²) in [6.07, 6.45) is 6.08. The van der Waals surface area contributed by atoms with E-state index in [9.17, 15) is 8.42 Å². The Morgan fingerprint density at radius 2 is 1.64 bits per heavy atom. The van der Waals surface area contributed by atoms with Crippen molar-refractivity contribution < 1.29 is 8.42 Å². The van der Waals surface area contributed by atoms with Gasteiger partial charge in [0.05, 0.1) is 5.75 Å². The van der Waals surface area contributed by atoms with Crippen molar-refractivity contribution in [3.8, 4) is 0 Å². The molecule has 7 heteroatoms. The Bertz CT molecular complexity index is 757. The summed E-state index contributed by atoms with van der Waals surface area (Å²) in [7, 11) is -3.41. The Balaban J connectivity index is 1.48. The van der Waals surface area contributed by atoms with Crippen LogP contribution < -0.4 is 10.0 Å². The van der Waals surface area contributed by atoms with Gasteiger partial charge in [0, 0.05) is 6.04 Å². The molecule has 2 aromatic rings. The van der Waals surface area contributed by atoms with Crippen molar-refractivity contribution in [1.29, 1.82) is 0 Å². The van der Waals surface area contributed by atoms with E-state index in [2.05, 4.69) is 20.2 Å². The quantitative estimate of drug-likeness (QED) is 0.755. The summed E-state index contributed by atoms with van der Waals surface area (Å²) in [5.74, 6) is 1.02. The number of nitrogens with zero attached hydrogens (tertiary/aromatic N) is 2. The fraction of sp³-hybridized carbons (Fsp3) is 0.444. The number of rotatable bonds is 8. The molecule has 25 heavy (non-hydrogen) atoms. The van der Waals surface area contributed by atoms with Crippen molar-refractivity contribution in [3.63, 3.8) is 0 Å². The van der Waals surface area contributed by atoms with Crippen LogP contribution in [0.2, 0.25) is 0 Å². The lowest BCUT2D eigenvalue weighted by Gasteiger charge is -2.12. The smallest absolute Gasteiger partial charge is 0.233 e. The Kier molecular flexibility index (Phi) is 5.86. The molecular formula is C18H24N4O2S. The summed E-state index contributed by atoms with van der Waals surface area (Å²) in [5, 5.41) is 11.4. The molecule has 0 radical (unpaired) electrons. The number of hydrogen-bond donors (Lipinski definition) is 2. The van der Waals surface area contributed by atoms with Crippen LogP contribution in [0.25, 0.3) is 0 Å². The second kappa shape index (κ2) is 8.29. The molecule has 1 aromatic carbocycles. The van der Waals surface area contributed by atoms with Gasteiger partial charge in [-0.25, -0.2) is 8.42 Å². The minimum absolute atomic E-state index is 0.0612. The number of sulfonamides is 1. The van der Waals surface area contributed by atoms with Gasteiger partial charge in [0.1, 0.15) is 5.82 Å². The van der Waals surface area contributed by atoms with Crippen molar-refractivity contribution in [1.82, 2.24) is 10.2 Å². The summed E-state index contributed by atoms with van der Waals surface area (Å²) in [4.78, 5) is 0. The molecular weight excluding hydrogens is 336 g/mol. The number of aryl methyl sites for hydroxylation is 1.